The summed E-state index contributed by atoms with van der Waals surface area (Å²) in [5.74, 6) is 0.434. The first-order chi connectivity index (χ1) is 12.5. The standard InChI is InChI=1S/C17H14F6N2OS/c1-2-26-14-6-4-3-5-13(14)25-15(27)24-12-8-10(16(18,19)20)7-11(9-12)17(21,22)23/h3-9H,2H2,1H3,(H2,24,25,27). The highest BCUT2D eigenvalue weighted by Gasteiger charge is 2.37. The highest BCUT2D eigenvalue weighted by Crippen LogP contribution is 2.37. The van der Waals surface area contributed by atoms with E-state index in [4.69, 9.17) is 17.0 Å². The lowest BCUT2D eigenvalue weighted by molar-refractivity contribution is -0.143. The normalized spacial score (nSPS) is 11.8. The molecule has 2 rings (SSSR count). The molecule has 0 spiro atoms. The Morgan fingerprint density at radius 3 is 2.00 bits per heavy atom. The van der Waals surface area contributed by atoms with Gasteiger partial charge in [-0.25, -0.2) is 0 Å². The van der Waals surface area contributed by atoms with E-state index in [0.29, 0.717) is 30.2 Å². The van der Waals surface area contributed by atoms with E-state index in [1.807, 2.05) is 0 Å². The maximum atomic E-state index is 12.9. The molecule has 2 aromatic carbocycles. The Kier molecular flexibility index (Phi) is 6.19. The van der Waals surface area contributed by atoms with Crippen molar-refractivity contribution in [2.45, 2.75) is 19.3 Å². The molecular formula is C17H14F6N2OS. The van der Waals surface area contributed by atoms with Crippen molar-refractivity contribution < 1.29 is 31.1 Å². The van der Waals surface area contributed by atoms with Gasteiger partial charge in [-0.1, -0.05) is 12.1 Å². The first kappa shape index (κ1) is 20.8. The maximum absolute atomic E-state index is 12.9. The van der Waals surface area contributed by atoms with Crippen LogP contribution in [0.3, 0.4) is 0 Å². The first-order valence-electron chi connectivity index (χ1n) is 7.60. The zero-order valence-electron chi connectivity index (χ0n) is 13.8. The van der Waals surface area contributed by atoms with Crippen LogP contribution in [0, 0.1) is 0 Å². The minimum atomic E-state index is -4.94. The van der Waals surface area contributed by atoms with Gasteiger partial charge in [0.05, 0.1) is 23.4 Å². The van der Waals surface area contributed by atoms with E-state index in [-0.39, 0.29) is 11.2 Å². The predicted octanol–water partition coefficient (Wildman–Crippen LogP) is 5.93. The van der Waals surface area contributed by atoms with Crippen LogP contribution in [0.4, 0.5) is 37.7 Å². The van der Waals surface area contributed by atoms with Crippen LogP contribution in [-0.4, -0.2) is 11.7 Å². The number of anilines is 2. The predicted molar refractivity (Wildman–Crippen MR) is 93.9 cm³/mol. The molecule has 0 aliphatic heterocycles. The van der Waals surface area contributed by atoms with Crippen LogP contribution in [0.2, 0.25) is 0 Å². The van der Waals surface area contributed by atoms with E-state index in [0.717, 1.165) is 0 Å². The molecule has 0 aliphatic carbocycles. The van der Waals surface area contributed by atoms with Gasteiger partial charge in [0.15, 0.2) is 5.11 Å². The van der Waals surface area contributed by atoms with Crippen molar-refractivity contribution in [1.82, 2.24) is 0 Å². The quantitative estimate of drug-likeness (QED) is 0.485. The molecule has 2 aromatic rings. The van der Waals surface area contributed by atoms with Crippen LogP contribution in [0.25, 0.3) is 0 Å². The third-order valence-corrected chi connectivity index (χ3v) is 3.48. The van der Waals surface area contributed by atoms with E-state index in [1.54, 1.807) is 31.2 Å². The van der Waals surface area contributed by atoms with Crippen LogP contribution in [-0.2, 0) is 12.4 Å². The molecule has 0 aromatic heterocycles. The number of benzene rings is 2. The van der Waals surface area contributed by atoms with E-state index < -0.39 is 29.2 Å². The molecule has 0 amide bonds. The Morgan fingerprint density at radius 1 is 0.926 bits per heavy atom. The van der Waals surface area contributed by atoms with Gasteiger partial charge in [0, 0.05) is 5.69 Å². The molecule has 3 nitrogen and oxygen atoms in total. The van der Waals surface area contributed by atoms with E-state index in [9.17, 15) is 26.3 Å². The van der Waals surface area contributed by atoms with Gasteiger partial charge in [-0.3, -0.25) is 0 Å². The minimum Gasteiger partial charge on any atom is -0.492 e. The summed E-state index contributed by atoms with van der Waals surface area (Å²) in [5.41, 5.74) is -2.89. The number of para-hydroxylation sites is 2. The Hall–Kier alpha value is -2.49. The molecule has 146 valence electrons. The Balaban J connectivity index is 2.27. The number of hydrogen-bond donors (Lipinski definition) is 2. The molecule has 10 heteroatoms. The van der Waals surface area contributed by atoms with Gasteiger partial charge < -0.3 is 15.4 Å². The van der Waals surface area contributed by atoms with E-state index in [2.05, 4.69) is 10.6 Å². The fraction of sp³-hybridized carbons (Fsp3) is 0.235. The summed E-state index contributed by atoms with van der Waals surface area (Å²) in [7, 11) is 0. The molecule has 0 heterocycles. The maximum Gasteiger partial charge on any atom is 0.416 e. The van der Waals surface area contributed by atoms with Crippen molar-refractivity contribution in [2.24, 2.45) is 0 Å². The van der Waals surface area contributed by atoms with Crippen LogP contribution in [0.15, 0.2) is 42.5 Å². The molecular weight excluding hydrogens is 394 g/mol. The number of alkyl halides is 6. The molecule has 0 radical (unpaired) electrons. The summed E-state index contributed by atoms with van der Waals surface area (Å²) in [6.45, 7) is 2.12. The van der Waals surface area contributed by atoms with E-state index >= 15 is 0 Å². The molecule has 0 saturated heterocycles. The van der Waals surface area contributed by atoms with Gasteiger partial charge in [-0.2, -0.15) is 26.3 Å². The molecule has 0 unspecified atom stereocenters. The van der Waals surface area contributed by atoms with Gasteiger partial charge in [-0.05, 0) is 49.5 Å². The lowest BCUT2D eigenvalue weighted by atomic mass is 10.1. The Labute approximate surface area is 156 Å². The van der Waals surface area contributed by atoms with Crippen molar-refractivity contribution in [3.63, 3.8) is 0 Å². The number of rotatable bonds is 4. The highest BCUT2D eigenvalue weighted by molar-refractivity contribution is 7.80. The average molecular weight is 408 g/mol. The van der Waals surface area contributed by atoms with Gasteiger partial charge in [0.25, 0.3) is 0 Å². The third-order valence-electron chi connectivity index (χ3n) is 3.28. The summed E-state index contributed by atoms with van der Waals surface area (Å²) in [5, 5.41) is 4.86. The van der Waals surface area contributed by atoms with Crippen molar-refractivity contribution in [2.75, 3.05) is 17.2 Å². The highest BCUT2D eigenvalue weighted by atomic mass is 32.1. The number of halogens is 6. The van der Waals surface area contributed by atoms with Crippen LogP contribution < -0.4 is 15.4 Å². The lowest BCUT2D eigenvalue weighted by Crippen LogP contribution is -2.21. The Morgan fingerprint density at radius 2 is 1.48 bits per heavy atom. The smallest absolute Gasteiger partial charge is 0.416 e. The second-order valence-electron chi connectivity index (χ2n) is 5.30. The van der Waals surface area contributed by atoms with E-state index in [1.165, 1.54) is 0 Å². The molecule has 0 saturated carbocycles. The van der Waals surface area contributed by atoms with Crippen molar-refractivity contribution in [3.05, 3.63) is 53.6 Å². The average Bonchev–Trinajstić information content (AvgIpc) is 2.55. The molecule has 0 aliphatic rings. The Bertz CT molecular complexity index is 788. The summed E-state index contributed by atoms with van der Waals surface area (Å²) in [4.78, 5) is 0. The molecule has 0 bridgehead atoms. The number of hydrogen-bond acceptors (Lipinski definition) is 2. The monoisotopic (exact) mass is 408 g/mol. The second kappa shape index (κ2) is 8.03. The largest absolute Gasteiger partial charge is 0.492 e. The van der Waals surface area contributed by atoms with Gasteiger partial charge in [0.2, 0.25) is 0 Å². The summed E-state index contributed by atoms with van der Waals surface area (Å²) >= 11 is 4.99. The SMILES string of the molecule is CCOc1ccccc1NC(=S)Nc1cc(C(F)(F)F)cc(C(F)(F)F)c1. The summed E-state index contributed by atoms with van der Waals surface area (Å²) in [6, 6.07) is 7.77. The lowest BCUT2D eigenvalue weighted by Gasteiger charge is -2.17. The molecule has 0 fully saturated rings. The van der Waals surface area contributed by atoms with Crippen molar-refractivity contribution in [3.8, 4) is 5.75 Å². The molecule has 0 atom stereocenters. The molecule has 27 heavy (non-hydrogen) atoms. The first-order valence-corrected chi connectivity index (χ1v) is 8.01. The zero-order chi connectivity index (χ0) is 20.2. The third kappa shape index (κ3) is 5.75. The van der Waals surface area contributed by atoms with Crippen molar-refractivity contribution >= 4 is 28.7 Å². The number of nitrogens with one attached hydrogen (secondary N) is 2. The van der Waals surface area contributed by atoms with Crippen LogP contribution in [0.1, 0.15) is 18.1 Å². The van der Waals surface area contributed by atoms with Gasteiger partial charge in [0.1, 0.15) is 5.75 Å². The number of thiocarbonyl (C=S) groups is 1. The van der Waals surface area contributed by atoms with Crippen LogP contribution in [0.5, 0.6) is 5.75 Å². The second-order valence-corrected chi connectivity index (χ2v) is 5.71. The summed E-state index contributed by atoms with van der Waals surface area (Å²) < 4.78 is 82.8. The zero-order valence-corrected chi connectivity index (χ0v) is 14.6. The van der Waals surface area contributed by atoms with Crippen LogP contribution >= 0.6 is 12.2 Å². The van der Waals surface area contributed by atoms with Crippen molar-refractivity contribution in [1.29, 1.82) is 0 Å². The molecule has 2 N–H and O–H groups in total. The minimum absolute atomic E-state index is 0.0477. The van der Waals surface area contributed by atoms with Gasteiger partial charge >= 0.3 is 12.4 Å². The van der Waals surface area contributed by atoms with Gasteiger partial charge in [-0.15, -0.1) is 0 Å². The fourth-order valence-electron chi connectivity index (χ4n) is 2.16. The fourth-order valence-corrected chi connectivity index (χ4v) is 2.39. The topological polar surface area (TPSA) is 33.3 Å². The summed E-state index contributed by atoms with van der Waals surface area (Å²) in [6.07, 6.45) is -9.87. The number of ether oxygens (including phenoxy) is 1.